The van der Waals surface area contributed by atoms with Crippen molar-refractivity contribution in [3.05, 3.63) is 35.3 Å². The Labute approximate surface area is 151 Å². The lowest BCUT2D eigenvalue weighted by Crippen LogP contribution is -2.48. The van der Waals surface area contributed by atoms with Gasteiger partial charge in [0.2, 0.25) is 0 Å². The molecule has 2 heterocycles. The van der Waals surface area contributed by atoms with E-state index in [-0.39, 0.29) is 11.9 Å². The first-order valence-corrected chi connectivity index (χ1v) is 8.70. The van der Waals surface area contributed by atoms with E-state index in [0.717, 1.165) is 24.9 Å². The minimum absolute atomic E-state index is 0.0905. The summed E-state index contributed by atoms with van der Waals surface area (Å²) in [6.07, 6.45) is 2.76. The number of fused-ring (bicyclic) bond motifs is 1. The lowest BCUT2D eigenvalue weighted by Gasteiger charge is -2.35. The summed E-state index contributed by atoms with van der Waals surface area (Å²) in [6, 6.07) is 4.93. The number of ether oxygens (including phenoxy) is 1. The van der Waals surface area contributed by atoms with Gasteiger partial charge in [-0.25, -0.2) is 9.18 Å². The van der Waals surface area contributed by atoms with Crippen LogP contribution < -0.4 is 10.2 Å². The van der Waals surface area contributed by atoms with Crippen molar-refractivity contribution in [1.82, 2.24) is 10.3 Å². The van der Waals surface area contributed by atoms with Crippen molar-refractivity contribution in [2.24, 2.45) is 0 Å². The molecule has 1 N–H and O–H groups in total. The summed E-state index contributed by atoms with van der Waals surface area (Å²) in [6.45, 7) is 5.13. The Morgan fingerprint density at radius 1 is 1.54 bits per heavy atom. The fourth-order valence-corrected chi connectivity index (χ4v) is 3.48. The summed E-state index contributed by atoms with van der Waals surface area (Å²) in [5, 5.41) is 13.0. The maximum Gasteiger partial charge on any atom is 0.407 e. The molecule has 1 atom stereocenters. The molecule has 1 aromatic carbocycles. The van der Waals surface area contributed by atoms with Crippen LogP contribution in [0.4, 0.5) is 14.9 Å². The van der Waals surface area contributed by atoms with Crippen LogP contribution in [0.1, 0.15) is 30.9 Å². The summed E-state index contributed by atoms with van der Waals surface area (Å²) in [5.41, 5.74) is 2.49. The third kappa shape index (κ3) is 3.54. The van der Waals surface area contributed by atoms with Crippen molar-refractivity contribution in [1.29, 1.82) is 5.26 Å². The molecule has 136 valence electrons. The molecule has 26 heavy (non-hydrogen) atoms. The summed E-state index contributed by atoms with van der Waals surface area (Å²) in [5.74, 6) is -0.355. The average molecular weight is 356 g/mol. The number of nitriles is 1. The molecule has 0 spiro atoms. The molecule has 7 heteroatoms. The third-order valence-corrected chi connectivity index (χ3v) is 4.55. The summed E-state index contributed by atoms with van der Waals surface area (Å²) in [4.78, 5) is 18.1. The van der Waals surface area contributed by atoms with E-state index in [1.807, 2.05) is 4.90 Å². The van der Waals surface area contributed by atoms with E-state index < -0.39 is 6.09 Å². The number of carbonyl (C=O) groups is 1. The van der Waals surface area contributed by atoms with Crippen molar-refractivity contribution in [3.63, 3.8) is 0 Å². The quantitative estimate of drug-likeness (QED) is 0.913. The first kappa shape index (κ1) is 17.9. The zero-order valence-electron chi connectivity index (χ0n) is 14.9. The number of benzene rings is 1. The third-order valence-electron chi connectivity index (χ3n) is 4.55. The van der Waals surface area contributed by atoms with Gasteiger partial charge >= 0.3 is 6.09 Å². The van der Waals surface area contributed by atoms with E-state index in [9.17, 15) is 14.4 Å². The number of rotatable bonds is 3. The van der Waals surface area contributed by atoms with Gasteiger partial charge in [0, 0.05) is 30.7 Å². The van der Waals surface area contributed by atoms with Gasteiger partial charge in [0.25, 0.3) is 0 Å². The Balaban J connectivity index is 1.98. The van der Waals surface area contributed by atoms with Gasteiger partial charge in [-0.3, -0.25) is 4.98 Å². The van der Waals surface area contributed by atoms with Gasteiger partial charge in [-0.05, 0) is 44.4 Å². The number of hydrogen-bond donors (Lipinski definition) is 1. The molecule has 1 aromatic heterocycles. The van der Waals surface area contributed by atoms with Crippen molar-refractivity contribution in [2.45, 2.75) is 32.7 Å². The van der Waals surface area contributed by atoms with Crippen LogP contribution >= 0.6 is 0 Å². The number of pyridine rings is 1. The molecule has 0 bridgehead atoms. The fourth-order valence-electron chi connectivity index (χ4n) is 3.48. The second-order valence-electron chi connectivity index (χ2n) is 6.40. The van der Waals surface area contributed by atoms with Gasteiger partial charge < -0.3 is 15.0 Å². The molecule has 2 aromatic rings. The largest absolute Gasteiger partial charge is 0.450 e. The van der Waals surface area contributed by atoms with Crippen LogP contribution in [-0.4, -0.2) is 36.8 Å². The van der Waals surface area contributed by atoms with E-state index in [0.29, 0.717) is 35.3 Å². The highest BCUT2D eigenvalue weighted by Gasteiger charge is 2.25. The number of aryl methyl sites for hydroxylation is 1. The number of hydrogen-bond acceptors (Lipinski definition) is 5. The number of piperidine rings is 1. The monoisotopic (exact) mass is 356 g/mol. The zero-order valence-corrected chi connectivity index (χ0v) is 14.9. The van der Waals surface area contributed by atoms with Crippen LogP contribution in [0, 0.1) is 24.1 Å². The number of halogens is 1. The van der Waals surface area contributed by atoms with E-state index >= 15 is 0 Å². The number of aromatic nitrogens is 1. The van der Waals surface area contributed by atoms with Crippen molar-refractivity contribution in [3.8, 4) is 6.07 Å². The van der Waals surface area contributed by atoms with Crippen molar-refractivity contribution >= 4 is 22.7 Å². The first-order chi connectivity index (χ1) is 12.5. The fraction of sp³-hybridized carbons (Fsp3) is 0.421. The Morgan fingerprint density at radius 2 is 2.35 bits per heavy atom. The van der Waals surface area contributed by atoms with E-state index in [1.54, 1.807) is 13.8 Å². The molecule has 0 aliphatic carbocycles. The van der Waals surface area contributed by atoms with Gasteiger partial charge in [-0.15, -0.1) is 0 Å². The number of carbonyl (C=O) groups excluding carboxylic acids is 1. The molecule has 0 radical (unpaired) electrons. The minimum atomic E-state index is -0.443. The van der Waals surface area contributed by atoms with Crippen LogP contribution in [0.25, 0.3) is 10.9 Å². The zero-order chi connectivity index (χ0) is 18.7. The summed E-state index contributed by atoms with van der Waals surface area (Å²) < 4.78 is 19.0. The van der Waals surface area contributed by atoms with Gasteiger partial charge in [-0.1, -0.05) is 0 Å². The Kier molecular flexibility index (Phi) is 5.21. The molecule has 1 unspecified atom stereocenters. The smallest absolute Gasteiger partial charge is 0.407 e. The maximum atomic E-state index is 14.0. The lowest BCUT2D eigenvalue weighted by molar-refractivity contribution is 0.146. The highest BCUT2D eigenvalue weighted by molar-refractivity contribution is 5.96. The molecule has 6 nitrogen and oxygen atoms in total. The molecule has 1 aliphatic rings. The molecule has 3 rings (SSSR count). The highest BCUT2D eigenvalue weighted by atomic mass is 19.1. The van der Waals surface area contributed by atoms with E-state index in [1.165, 1.54) is 18.3 Å². The number of nitrogens with one attached hydrogen (secondary N) is 1. The molecule has 1 amide bonds. The normalized spacial score (nSPS) is 17.0. The number of alkyl carbamates (subject to hydrolysis) is 1. The van der Waals surface area contributed by atoms with Gasteiger partial charge in [-0.2, -0.15) is 5.26 Å². The van der Waals surface area contributed by atoms with Crippen LogP contribution in [0.2, 0.25) is 0 Å². The van der Waals surface area contributed by atoms with Crippen LogP contribution in [0.5, 0.6) is 0 Å². The summed E-state index contributed by atoms with van der Waals surface area (Å²) in [7, 11) is 0. The predicted molar refractivity (Wildman–Crippen MR) is 96.5 cm³/mol. The second kappa shape index (κ2) is 7.56. The lowest BCUT2D eigenvalue weighted by atomic mass is 10.0. The molecular weight excluding hydrogens is 335 g/mol. The highest BCUT2D eigenvalue weighted by Crippen LogP contribution is 2.33. The standard InChI is InChI=1S/C19H21FN4O2/c1-3-26-19(25)23-15-5-4-6-24(11-15)18-13(9-21)10-22-17-12(2)7-14(20)8-16(17)18/h7-8,10,15H,3-6,11H2,1-2H3,(H,23,25). The van der Waals surface area contributed by atoms with Crippen LogP contribution in [0.15, 0.2) is 18.3 Å². The van der Waals surface area contributed by atoms with E-state index in [2.05, 4.69) is 16.4 Å². The Morgan fingerprint density at radius 3 is 3.08 bits per heavy atom. The maximum absolute atomic E-state index is 14.0. The SMILES string of the molecule is CCOC(=O)NC1CCCN(c2c(C#N)cnc3c(C)cc(F)cc23)C1. The second-order valence-corrected chi connectivity index (χ2v) is 6.40. The van der Waals surface area contributed by atoms with Crippen molar-refractivity contribution < 1.29 is 13.9 Å². The molecular formula is C19H21FN4O2. The molecule has 1 aliphatic heterocycles. The van der Waals surface area contributed by atoms with Gasteiger partial charge in [0.15, 0.2) is 0 Å². The molecule has 0 saturated carbocycles. The van der Waals surface area contributed by atoms with E-state index in [4.69, 9.17) is 4.74 Å². The Bertz CT molecular complexity index is 878. The first-order valence-electron chi connectivity index (χ1n) is 8.70. The molecule has 1 saturated heterocycles. The van der Waals surface area contributed by atoms with Crippen molar-refractivity contribution in [2.75, 3.05) is 24.6 Å². The van der Waals surface area contributed by atoms with Gasteiger partial charge in [0.05, 0.1) is 23.4 Å². The Hall–Kier alpha value is -2.88. The minimum Gasteiger partial charge on any atom is -0.450 e. The van der Waals surface area contributed by atoms with Crippen LogP contribution in [-0.2, 0) is 4.74 Å². The number of nitrogens with zero attached hydrogens (tertiary/aromatic N) is 3. The van der Waals surface area contributed by atoms with Crippen LogP contribution in [0.3, 0.4) is 0 Å². The molecule has 1 fully saturated rings. The summed E-state index contributed by atoms with van der Waals surface area (Å²) >= 11 is 0. The average Bonchev–Trinajstić information content (AvgIpc) is 2.61. The van der Waals surface area contributed by atoms with Gasteiger partial charge in [0.1, 0.15) is 11.9 Å². The number of anilines is 1. The topological polar surface area (TPSA) is 78.2 Å². The predicted octanol–water partition coefficient (Wildman–Crippen LogP) is 3.27. The number of amides is 1.